The second-order valence-electron chi connectivity index (χ2n) is 3.97. The minimum absolute atomic E-state index is 0.297. The molecule has 2 rings (SSSR count). The normalized spacial score (nSPS) is 10.9. The molecule has 96 valence electrons. The van der Waals surface area contributed by atoms with Crippen LogP contribution in [0.4, 0.5) is 8.78 Å². The highest BCUT2D eigenvalue weighted by molar-refractivity contribution is 7.14. The minimum Gasteiger partial charge on any atom is -0.330 e. The molecule has 0 unspecified atom stereocenters. The van der Waals surface area contributed by atoms with Gasteiger partial charge in [0.1, 0.15) is 16.6 Å². The van der Waals surface area contributed by atoms with Crippen molar-refractivity contribution >= 4 is 11.3 Å². The predicted octanol–water partition coefficient (Wildman–Crippen LogP) is 2.68. The van der Waals surface area contributed by atoms with Gasteiger partial charge in [0, 0.05) is 18.1 Å². The Labute approximate surface area is 108 Å². The number of hydrogen-bond acceptors (Lipinski definition) is 4. The maximum Gasteiger partial charge on any atom is 0.150 e. The summed E-state index contributed by atoms with van der Waals surface area (Å²) < 4.78 is 26.8. The topological polar surface area (TPSA) is 51.8 Å². The van der Waals surface area contributed by atoms with Crippen molar-refractivity contribution in [1.29, 1.82) is 0 Å². The Bertz CT molecular complexity index is 554. The van der Waals surface area contributed by atoms with Gasteiger partial charge in [-0.1, -0.05) is 11.3 Å². The molecule has 0 aliphatic rings. The molecule has 3 nitrogen and oxygen atoms in total. The van der Waals surface area contributed by atoms with Crippen LogP contribution in [-0.4, -0.2) is 16.7 Å². The van der Waals surface area contributed by atoms with Gasteiger partial charge in [0.15, 0.2) is 5.01 Å². The summed E-state index contributed by atoms with van der Waals surface area (Å²) in [5, 5.41) is 9.20. The van der Waals surface area contributed by atoms with Crippen LogP contribution < -0.4 is 5.73 Å². The Hall–Kier alpha value is -1.40. The van der Waals surface area contributed by atoms with Crippen molar-refractivity contribution in [3.8, 4) is 10.6 Å². The quantitative estimate of drug-likeness (QED) is 0.928. The number of aryl methyl sites for hydroxylation is 2. The lowest BCUT2D eigenvalue weighted by Crippen LogP contribution is -1.99. The summed E-state index contributed by atoms with van der Waals surface area (Å²) in [6.45, 7) is 2.17. The zero-order valence-electron chi connectivity index (χ0n) is 9.91. The predicted molar refractivity (Wildman–Crippen MR) is 67.4 cm³/mol. The number of nitrogens with two attached hydrogens (primary N) is 1. The number of halogens is 2. The van der Waals surface area contributed by atoms with E-state index in [-0.39, 0.29) is 0 Å². The van der Waals surface area contributed by atoms with E-state index in [1.807, 2.05) is 0 Å². The number of rotatable bonds is 4. The van der Waals surface area contributed by atoms with Gasteiger partial charge in [-0.25, -0.2) is 8.78 Å². The smallest absolute Gasteiger partial charge is 0.150 e. The van der Waals surface area contributed by atoms with E-state index in [2.05, 4.69) is 10.2 Å². The molecule has 0 bridgehead atoms. The van der Waals surface area contributed by atoms with Gasteiger partial charge in [-0.15, -0.1) is 10.2 Å². The van der Waals surface area contributed by atoms with E-state index in [4.69, 9.17) is 5.73 Å². The van der Waals surface area contributed by atoms with Gasteiger partial charge in [-0.2, -0.15) is 0 Å². The van der Waals surface area contributed by atoms with Crippen LogP contribution in [0.15, 0.2) is 12.1 Å². The molecule has 0 amide bonds. The molecule has 0 spiro atoms. The highest BCUT2D eigenvalue weighted by Gasteiger charge is 2.13. The van der Waals surface area contributed by atoms with Crippen molar-refractivity contribution in [1.82, 2.24) is 10.2 Å². The van der Waals surface area contributed by atoms with Crippen molar-refractivity contribution in [2.24, 2.45) is 5.73 Å². The summed E-state index contributed by atoms with van der Waals surface area (Å²) in [5.74, 6) is -1.16. The molecule has 0 saturated carbocycles. The first-order valence-electron chi connectivity index (χ1n) is 5.60. The van der Waals surface area contributed by atoms with Crippen molar-refractivity contribution in [3.05, 3.63) is 34.3 Å². The van der Waals surface area contributed by atoms with Gasteiger partial charge in [0.05, 0.1) is 0 Å². The third kappa shape index (κ3) is 2.70. The Morgan fingerprint density at radius 2 is 2.00 bits per heavy atom. The average molecular weight is 269 g/mol. The molecule has 0 radical (unpaired) electrons. The Morgan fingerprint density at radius 1 is 1.22 bits per heavy atom. The Balaban J connectivity index is 2.31. The molecule has 0 aliphatic heterocycles. The molecule has 0 saturated heterocycles. The fourth-order valence-corrected chi connectivity index (χ4v) is 2.44. The van der Waals surface area contributed by atoms with Gasteiger partial charge in [-0.3, -0.25) is 0 Å². The third-order valence-corrected chi connectivity index (χ3v) is 3.56. The van der Waals surface area contributed by atoms with E-state index in [0.717, 1.165) is 23.9 Å². The second-order valence-corrected chi connectivity index (χ2v) is 5.04. The van der Waals surface area contributed by atoms with Crippen molar-refractivity contribution in [3.63, 3.8) is 0 Å². The first-order chi connectivity index (χ1) is 8.61. The second kappa shape index (κ2) is 5.49. The summed E-state index contributed by atoms with van der Waals surface area (Å²) >= 11 is 1.31. The van der Waals surface area contributed by atoms with E-state index < -0.39 is 11.6 Å². The van der Waals surface area contributed by atoms with Crippen LogP contribution in [0, 0.1) is 18.6 Å². The molecule has 0 fully saturated rings. The number of benzene rings is 1. The molecular weight excluding hydrogens is 256 g/mol. The lowest BCUT2D eigenvalue weighted by atomic mass is 10.1. The van der Waals surface area contributed by atoms with Crippen LogP contribution in [-0.2, 0) is 6.42 Å². The summed E-state index contributed by atoms with van der Waals surface area (Å²) in [4.78, 5) is 0. The van der Waals surface area contributed by atoms with Crippen LogP contribution >= 0.6 is 11.3 Å². The molecule has 1 aromatic carbocycles. The van der Waals surface area contributed by atoms with Gasteiger partial charge in [0.2, 0.25) is 0 Å². The number of nitrogens with zero attached hydrogens (tertiary/aromatic N) is 2. The third-order valence-electron chi connectivity index (χ3n) is 2.54. The Morgan fingerprint density at radius 3 is 2.72 bits per heavy atom. The fraction of sp³-hybridized carbons (Fsp3) is 0.333. The van der Waals surface area contributed by atoms with Gasteiger partial charge in [-0.05, 0) is 31.5 Å². The summed E-state index contributed by atoms with van der Waals surface area (Å²) in [7, 11) is 0. The largest absolute Gasteiger partial charge is 0.330 e. The van der Waals surface area contributed by atoms with Crippen molar-refractivity contribution in [2.75, 3.05) is 6.54 Å². The van der Waals surface area contributed by atoms with Crippen LogP contribution in [0.1, 0.15) is 17.0 Å². The zero-order valence-corrected chi connectivity index (χ0v) is 10.7. The lowest BCUT2D eigenvalue weighted by Gasteiger charge is -2.01. The van der Waals surface area contributed by atoms with E-state index in [0.29, 0.717) is 22.7 Å². The van der Waals surface area contributed by atoms with E-state index in [9.17, 15) is 8.78 Å². The van der Waals surface area contributed by atoms with Gasteiger partial charge >= 0.3 is 0 Å². The number of aromatic nitrogens is 2. The Kier molecular flexibility index (Phi) is 3.98. The van der Waals surface area contributed by atoms with Gasteiger partial charge < -0.3 is 5.73 Å². The van der Waals surface area contributed by atoms with Crippen LogP contribution in [0.5, 0.6) is 0 Å². The summed E-state index contributed by atoms with van der Waals surface area (Å²) in [5.41, 5.74) is 6.10. The zero-order chi connectivity index (χ0) is 13.1. The number of hydrogen-bond donors (Lipinski definition) is 1. The SMILES string of the molecule is Cc1cc(-c2nnc(CCCN)s2)c(F)cc1F. The molecule has 2 aromatic rings. The highest BCUT2D eigenvalue weighted by Crippen LogP contribution is 2.28. The standard InChI is InChI=1S/C12H13F2N3S/c1-7-5-8(10(14)6-9(7)13)12-17-16-11(18-12)3-2-4-15/h5-6H,2-4,15H2,1H3. The lowest BCUT2D eigenvalue weighted by molar-refractivity contribution is 0.579. The van der Waals surface area contributed by atoms with Crippen LogP contribution in [0.2, 0.25) is 0 Å². The monoisotopic (exact) mass is 269 g/mol. The summed E-state index contributed by atoms with van der Waals surface area (Å²) in [6.07, 6.45) is 1.55. The average Bonchev–Trinajstić information content (AvgIpc) is 2.79. The molecule has 6 heteroatoms. The molecule has 1 heterocycles. The van der Waals surface area contributed by atoms with Crippen molar-refractivity contribution in [2.45, 2.75) is 19.8 Å². The van der Waals surface area contributed by atoms with E-state index in [1.165, 1.54) is 17.4 Å². The molecular formula is C12H13F2N3S. The molecule has 0 aliphatic carbocycles. The van der Waals surface area contributed by atoms with Crippen molar-refractivity contribution < 1.29 is 8.78 Å². The summed E-state index contributed by atoms with van der Waals surface area (Å²) in [6, 6.07) is 2.34. The molecule has 2 N–H and O–H groups in total. The van der Waals surface area contributed by atoms with Crippen LogP contribution in [0.3, 0.4) is 0 Å². The highest BCUT2D eigenvalue weighted by atomic mass is 32.1. The minimum atomic E-state index is -0.611. The van der Waals surface area contributed by atoms with Gasteiger partial charge in [0.25, 0.3) is 0 Å². The molecule has 0 atom stereocenters. The fourth-order valence-electron chi connectivity index (χ4n) is 1.54. The van der Waals surface area contributed by atoms with E-state index in [1.54, 1.807) is 6.92 Å². The van der Waals surface area contributed by atoms with E-state index >= 15 is 0 Å². The maximum absolute atomic E-state index is 13.7. The first-order valence-corrected chi connectivity index (χ1v) is 6.42. The van der Waals surface area contributed by atoms with Crippen LogP contribution in [0.25, 0.3) is 10.6 Å². The molecule has 18 heavy (non-hydrogen) atoms. The first kappa shape index (κ1) is 13.0. The molecule has 1 aromatic heterocycles. The maximum atomic E-state index is 13.7.